The number of anilines is 1. The van der Waals surface area contributed by atoms with E-state index < -0.39 is 0 Å². The van der Waals surface area contributed by atoms with Crippen molar-refractivity contribution in [2.45, 2.75) is 46.7 Å². The molecule has 0 amide bonds. The lowest BCUT2D eigenvalue weighted by molar-refractivity contribution is 0.622. The van der Waals surface area contributed by atoms with E-state index in [9.17, 15) is 0 Å². The van der Waals surface area contributed by atoms with Crippen molar-refractivity contribution < 1.29 is 0 Å². The zero-order valence-electron chi connectivity index (χ0n) is 11.3. The second kappa shape index (κ2) is 5.25. The summed E-state index contributed by atoms with van der Waals surface area (Å²) in [5.74, 6) is 1.72. The first-order valence-electron chi connectivity index (χ1n) is 6.52. The SMILES string of the molecule is CCCCn1c(C)nc(-c2cnn(CC)c2)c1N. The van der Waals surface area contributed by atoms with Gasteiger partial charge in [-0.3, -0.25) is 4.68 Å². The van der Waals surface area contributed by atoms with Crippen LogP contribution in [0.5, 0.6) is 0 Å². The third-order valence-corrected chi connectivity index (χ3v) is 3.16. The maximum atomic E-state index is 6.19. The van der Waals surface area contributed by atoms with E-state index in [1.807, 2.05) is 24.0 Å². The number of nitrogen functional groups attached to an aromatic ring is 1. The highest BCUT2D eigenvalue weighted by Crippen LogP contribution is 2.26. The van der Waals surface area contributed by atoms with Crippen molar-refractivity contribution in [3.05, 3.63) is 18.2 Å². The third kappa shape index (κ3) is 2.25. The number of aryl methyl sites for hydroxylation is 2. The number of hydrogen-bond acceptors (Lipinski definition) is 3. The molecule has 2 N–H and O–H groups in total. The number of imidazole rings is 1. The molecule has 5 heteroatoms. The number of hydrogen-bond donors (Lipinski definition) is 1. The van der Waals surface area contributed by atoms with E-state index in [1.54, 1.807) is 0 Å². The van der Waals surface area contributed by atoms with Gasteiger partial charge in [-0.25, -0.2) is 4.98 Å². The van der Waals surface area contributed by atoms with Gasteiger partial charge >= 0.3 is 0 Å². The summed E-state index contributed by atoms with van der Waals surface area (Å²) >= 11 is 0. The van der Waals surface area contributed by atoms with Crippen LogP contribution in [-0.2, 0) is 13.1 Å². The van der Waals surface area contributed by atoms with E-state index >= 15 is 0 Å². The monoisotopic (exact) mass is 247 g/mol. The highest BCUT2D eigenvalue weighted by Gasteiger charge is 2.14. The molecule has 2 rings (SSSR count). The predicted molar refractivity (Wildman–Crippen MR) is 73.2 cm³/mol. The minimum atomic E-state index is 0.747. The molecule has 0 aliphatic heterocycles. The van der Waals surface area contributed by atoms with Crippen molar-refractivity contribution in [2.75, 3.05) is 5.73 Å². The van der Waals surface area contributed by atoms with E-state index in [-0.39, 0.29) is 0 Å². The lowest BCUT2D eigenvalue weighted by Crippen LogP contribution is -2.04. The average molecular weight is 247 g/mol. The fourth-order valence-corrected chi connectivity index (χ4v) is 2.05. The van der Waals surface area contributed by atoms with Gasteiger partial charge in [0.1, 0.15) is 17.3 Å². The van der Waals surface area contributed by atoms with Crippen molar-refractivity contribution in [1.82, 2.24) is 19.3 Å². The van der Waals surface area contributed by atoms with Crippen LogP contribution in [-0.4, -0.2) is 19.3 Å². The molecule has 2 heterocycles. The Morgan fingerprint density at radius 1 is 1.33 bits per heavy atom. The molecule has 0 aromatic carbocycles. The van der Waals surface area contributed by atoms with E-state index in [1.165, 1.54) is 0 Å². The maximum Gasteiger partial charge on any atom is 0.131 e. The molecule has 0 spiro atoms. The van der Waals surface area contributed by atoms with Gasteiger partial charge in [0.15, 0.2) is 0 Å². The largest absolute Gasteiger partial charge is 0.383 e. The van der Waals surface area contributed by atoms with E-state index in [0.29, 0.717) is 0 Å². The van der Waals surface area contributed by atoms with Crippen LogP contribution in [0.3, 0.4) is 0 Å². The maximum absolute atomic E-state index is 6.19. The molecule has 0 radical (unpaired) electrons. The van der Waals surface area contributed by atoms with Gasteiger partial charge in [0, 0.05) is 24.8 Å². The fourth-order valence-electron chi connectivity index (χ4n) is 2.05. The second-order valence-electron chi connectivity index (χ2n) is 4.48. The molecule has 0 bridgehead atoms. The Balaban J connectivity index is 2.34. The summed E-state index contributed by atoms with van der Waals surface area (Å²) in [5.41, 5.74) is 8.03. The van der Waals surface area contributed by atoms with E-state index in [2.05, 4.69) is 28.5 Å². The number of nitrogens with zero attached hydrogens (tertiary/aromatic N) is 4. The summed E-state index contributed by atoms with van der Waals surface area (Å²) in [5, 5.41) is 4.27. The van der Waals surface area contributed by atoms with Crippen LogP contribution in [0.4, 0.5) is 5.82 Å². The smallest absolute Gasteiger partial charge is 0.131 e. The summed E-state index contributed by atoms with van der Waals surface area (Å²) in [6, 6.07) is 0. The summed E-state index contributed by atoms with van der Waals surface area (Å²) in [4.78, 5) is 4.57. The van der Waals surface area contributed by atoms with Crippen LogP contribution < -0.4 is 5.73 Å². The molecular weight excluding hydrogens is 226 g/mol. The topological polar surface area (TPSA) is 61.7 Å². The van der Waals surface area contributed by atoms with Gasteiger partial charge in [0.05, 0.1) is 6.20 Å². The summed E-state index contributed by atoms with van der Waals surface area (Å²) in [7, 11) is 0. The molecule has 5 nitrogen and oxygen atoms in total. The van der Waals surface area contributed by atoms with Crippen molar-refractivity contribution >= 4 is 5.82 Å². The quantitative estimate of drug-likeness (QED) is 0.882. The predicted octanol–water partition coefficient (Wildman–Crippen LogP) is 2.46. The molecule has 0 saturated carbocycles. The Labute approximate surface area is 108 Å². The molecule has 0 saturated heterocycles. The normalized spacial score (nSPS) is 11.1. The highest BCUT2D eigenvalue weighted by molar-refractivity contribution is 5.69. The van der Waals surface area contributed by atoms with Crippen LogP contribution in [0.15, 0.2) is 12.4 Å². The molecule has 18 heavy (non-hydrogen) atoms. The Kier molecular flexibility index (Phi) is 3.69. The first kappa shape index (κ1) is 12.7. The first-order chi connectivity index (χ1) is 8.67. The summed E-state index contributed by atoms with van der Waals surface area (Å²) < 4.78 is 3.97. The van der Waals surface area contributed by atoms with Gasteiger partial charge in [0.2, 0.25) is 0 Å². The minimum Gasteiger partial charge on any atom is -0.383 e. The van der Waals surface area contributed by atoms with Crippen LogP contribution in [0.1, 0.15) is 32.5 Å². The average Bonchev–Trinajstić information content (AvgIpc) is 2.93. The number of aromatic nitrogens is 4. The molecule has 0 atom stereocenters. The van der Waals surface area contributed by atoms with Gasteiger partial charge in [0.25, 0.3) is 0 Å². The molecule has 0 aliphatic carbocycles. The van der Waals surface area contributed by atoms with Crippen LogP contribution in [0.25, 0.3) is 11.3 Å². The Morgan fingerprint density at radius 2 is 2.11 bits per heavy atom. The van der Waals surface area contributed by atoms with Gasteiger partial charge in [-0.05, 0) is 20.3 Å². The third-order valence-electron chi connectivity index (χ3n) is 3.16. The van der Waals surface area contributed by atoms with Gasteiger partial charge < -0.3 is 10.3 Å². The molecule has 2 aromatic heterocycles. The van der Waals surface area contributed by atoms with Crippen molar-refractivity contribution in [1.29, 1.82) is 0 Å². The lowest BCUT2D eigenvalue weighted by Gasteiger charge is -2.05. The molecule has 2 aromatic rings. The van der Waals surface area contributed by atoms with Crippen LogP contribution in [0, 0.1) is 6.92 Å². The van der Waals surface area contributed by atoms with Crippen LogP contribution >= 0.6 is 0 Å². The molecular formula is C13H21N5. The van der Waals surface area contributed by atoms with E-state index in [0.717, 1.165) is 48.8 Å². The first-order valence-corrected chi connectivity index (χ1v) is 6.52. The summed E-state index contributed by atoms with van der Waals surface area (Å²) in [6.45, 7) is 8.03. The second-order valence-corrected chi connectivity index (χ2v) is 4.48. The summed E-state index contributed by atoms with van der Waals surface area (Å²) in [6.07, 6.45) is 6.09. The van der Waals surface area contributed by atoms with Crippen molar-refractivity contribution in [3.63, 3.8) is 0 Å². The highest BCUT2D eigenvalue weighted by atomic mass is 15.3. The van der Waals surface area contributed by atoms with E-state index in [4.69, 9.17) is 5.73 Å². The molecule has 0 fully saturated rings. The Morgan fingerprint density at radius 3 is 2.72 bits per heavy atom. The standard InChI is InChI=1S/C13H21N5/c1-4-6-7-18-10(3)16-12(13(18)14)11-8-15-17(5-2)9-11/h8-9H,4-7,14H2,1-3H3. The van der Waals surface area contributed by atoms with Crippen molar-refractivity contribution in [3.8, 4) is 11.3 Å². The van der Waals surface area contributed by atoms with Crippen LogP contribution in [0.2, 0.25) is 0 Å². The van der Waals surface area contributed by atoms with Gasteiger partial charge in [-0.1, -0.05) is 13.3 Å². The minimum absolute atomic E-state index is 0.747. The number of unbranched alkanes of at least 4 members (excludes halogenated alkanes) is 1. The lowest BCUT2D eigenvalue weighted by atomic mass is 10.2. The van der Waals surface area contributed by atoms with Crippen molar-refractivity contribution in [2.24, 2.45) is 0 Å². The Bertz CT molecular complexity index is 523. The number of rotatable bonds is 5. The molecule has 98 valence electrons. The molecule has 0 unspecified atom stereocenters. The van der Waals surface area contributed by atoms with Gasteiger partial charge in [-0.2, -0.15) is 5.10 Å². The zero-order valence-corrected chi connectivity index (χ0v) is 11.3. The number of nitrogens with two attached hydrogens (primary N) is 1. The Hall–Kier alpha value is -1.78. The fraction of sp³-hybridized carbons (Fsp3) is 0.538. The zero-order chi connectivity index (χ0) is 13.1. The molecule has 0 aliphatic rings. The van der Waals surface area contributed by atoms with Gasteiger partial charge in [-0.15, -0.1) is 0 Å².